The molecular weight excluding hydrogens is 421 g/mol. The quantitative estimate of drug-likeness (QED) is 0.175. The Kier molecular flexibility index (Phi) is 13.6. The van der Waals surface area contributed by atoms with E-state index in [-0.39, 0.29) is 28.9 Å². The van der Waals surface area contributed by atoms with Gasteiger partial charge >= 0.3 is 0 Å². The van der Waals surface area contributed by atoms with Crippen molar-refractivity contribution in [3.8, 4) is 0 Å². The SMILES string of the molecule is C=C(/C=C\C(=C)C(=C)/C(F)=C\C(=C)/C(C)=C/CC(C)CC)C(=C)/C(F)=C(/F)C(=C)OCCC. The average molecular weight is 459 g/mol. The van der Waals surface area contributed by atoms with E-state index in [2.05, 4.69) is 53.3 Å². The van der Waals surface area contributed by atoms with E-state index in [4.69, 9.17) is 4.74 Å². The molecule has 0 spiro atoms. The van der Waals surface area contributed by atoms with Crippen LogP contribution in [0.25, 0.3) is 0 Å². The Hall–Kier alpha value is -3.01. The van der Waals surface area contributed by atoms with E-state index in [1.54, 1.807) is 0 Å². The highest BCUT2D eigenvalue weighted by atomic mass is 19.2. The first kappa shape index (κ1) is 30.0. The summed E-state index contributed by atoms with van der Waals surface area (Å²) in [7, 11) is 0. The fourth-order valence-corrected chi connectivity index (χ4v) is 2.27. The van der Waals surface area contributed by atoms with Crippen LogP contribution in [0.3, 0.4) is 0 Å². The van der Waals surface area contributed by atoms with Gasteiger partial charge in [0.25, 0.3) is 0 Å². The summed E-state index contributed by atoms with van der Waals surface area (Å²) in [4.78, 5) is 0. The minimum atomic E-state index is -1.24. The molecule has 0 rings (SSSR count). The zero-order valence-electron chi connectivity index (χ0n) is 20.5. The van der Waals surface area contributed by atoms with Gasteiger partial charge in [0.2, 0.25) is 5.83 Å². The molecule has 0 aromatic carbocycles. The van der Waals surface area contributed by atoms with Crippen LogP contribution in [0.15, 0.2) is 120 Å². The first-order valence-electron chi connectivity index (χ1n) is 10.9. The Labute approximate surface area is 198 Å². The maximum atomic E-state index is 14.6. The van der Waals surface area contributed by atoms with E-state index in [0.29, 0.717) is 17.9 Å². The summed E-state index contributed by atoms with van der Waals surface area (Å²) in [5, 5.41) is 0. The van der Waals surface area contributed by atoms with Crippen LogP contribution in [0, 0.1) is 5.92 Å². The lowest BCUT2D eigenvalue weighted by Gasteiger charge is -2.09. The molecule has 33 heavy (non-hydrogen) atoms. The minimum absolute atomic E-state index is 0.0454. The van der Waals surface area contributed by atoms with E-state index in [1.165, 1.54) is 18.2 Å². The smallest absolute Gasteiger partial charge is 0.200 e. The second-order valence-corrected chi connectivity index (χ2v) is 7.89. The lowest BCUT2D eigenvalue weighted by molar-refractivity contribution is 0.208. The summed E-state index contributed by atoms with van der Waals surface area (Å²) in [6.07, 6.45) is 8.69. The molecule has 1 atom stereocenters. The van der Waals surface area contributed by atoms with Crippen LogP contribution in [-0.2, 0) is 4.74 Å². The molecular formula is C29H37F3O. The van der Waals surface area contributed by atoms with Crippen molar-refractivity contribution in [2.24, 2.45) is 5.92 Å². The first-order chi connectivity index (χ1) is 15.4. The molecule has 1 unspecified atom stereocenters. The van der Waals surface area contributed by atoms with Crippen molar-refractivity contribution < 1.29 is 17.9 Å². The fourth-order valence-electron chi connectivity index (χ4n) is 2.27. The number of ether oxygens (including phenoxy) is 1. The maximum Gasteiger partial charge on any atom is 0.200 e. The molecule has 1 nitrogen and oxygen atoms in total. The molecule has 0 saturated carbocycles. The summed E-state index contributed by atoms with van der Waals surface area (Å²) in [6.45, 7) is 30.1. The van der Waals surface area contributed by atoms with Gasteiger partial charge < -0.3 is 4.74 Å². The number of hydrogen-bond donors (Lipinski definition) is 0. The maximum absolute atomic E-state index is 14.6. The van der Waals surface area contributed by atoms with Crippen LogP contribution in [0.4, 0.5) is 13.2 Å². The van der Waals surface area contributed by atoms with Gasteiger partial charge in [-0.1, -0.05) is 84.9 Å². The van der Waals surface area contributed by atoms with Crippen LogP contribution in [0.5, 0.6) is 0 Å². The van der Waals surface area contributed by atoms with E-state index < -0.39 is 23.2 Å². The predicted molar refractivity (Wildman–Crippen MR) is 136 cm³/mol. The third-order valence-corrected chi connectivity index (χ3v) is 5.06. The second kappa shape index (κ2) is 14.9. The highest BCUT2D eigenvalue weighted by Gasteiger charge is 2.15. The van der Waals surface area contributed by atoms with Gasteiger partial charge in [-0.2, -0.15) is 4.39 Å². The molecule has 0 heterocycles. The molecule has 0 aliphatic rings. The van der Waals surface area contributed by atoms with Gasteiger partial charge in [-0.05, 0) is 54.1 Å². The van der Waals surface area contributed by atoms with E-state index in [9.17, 15) is 13.2 Å². The molecule has 0 fully saturated rings. The van der Waals surface area contributed by atoms with Gasteiger partial charge in [0.05, 0.1) is 6.61 Å². The van der Waals surface area contributed by atoms with Gasteiger partial charge in [-0.15, -0.1) is 0 Å². The van der Waals surface area contributed by atoms with Gasteiger partial charge in [0.1, 0.15) is 5.83 Å². The monoisotopic (exact) mass is 458 g/mol. The highest BCUT2D eigenvalue weighted by Crippen LogP contribution is 2.28. The van der Waals surface area contributed by atoms with Crippen LogP contribution in [-0.4, -0.2) is 6.61 Å². The van der Waals surface area contributed by atoms with Gasteiger partial charge in [0.15, 0.2) is 11.6 Å². The van der Waals surface area contributed by atoms with E-state index in [0.717, 1.165) is 18.4 Å². The Bertz CT molecular complexity index is 923. The molecule has 0 saturated heterocycles. The molecule has 0 N–H and O–H groups in total. The molecule has 0 aliphatic carbocycles. The average Bonchev–Trinajstić information content (AvgIpc) is 2.81. The van der Waals surface area contributed by atoms with Crippen molar-refractivity contribution in [3.05, 3.63) is 120 Å². The fraction of sp³-hybridized carbons (Fsp3) is 0.310. The molecule has 0 amide bonds. The Balaban J connectivity index is 5.24. The largest absolute Gasteiger partial charge is 0.491 e. The van der Waals surface area contributed by atoms with Crippen LogP contribution in [0.1, 0.15) is 47.0 Å². The summed E-state index contributed by atoms with van der Waals surface area (Å²) >= 11 is 0. The predicted octanol–water partition coefficient (Wildman–Crippen LogP) is 9.65. The summed E-state index contributed by atoms with van der Waals surface area (Å²) in [5.74, 6) is -2.92. The van der Waals surface area contributed by atoms with Crippen LogP contribution < -0.4 is 0 Å². The number of allylic oxidation sites excluding steroid dienone is 13. The van der Waals surface area contributed by atoms with E-state index in [1.807, 2.05) is 19.9 Å². The molecule has 0 radical (unpaired) electrons. The molecule has 180 valence electrons. The van der Waals surface area contributed by atoms with Crippen molar-refractivity contribution in [1.82, 2.24) is 0 Å². The first-order valence-corrected chi connectivity index (χ1v) is 10.9. The lowest BCUT2D eigenvalue weighted by atomic mass is 9.99. The standard InChI is InChI=1S/C29H37F3O/c1-11-17-33-26(10)29(32)28(31)25(9)22(6)16-15-21(5)24(8)27(30)18-23(7)20(4)14-13-19(3)12-2/h14-16,18-19H,5-13,17H2,1-4H3/b16-15-,20-14+,27-18+,29-28-. The summed E-state index contributed by atoms with van der Waals surface area (Å²) in [5.41, 5.74) is 1.52. The van der Waals surface area contributed by atoms with Crippen molar-refractivity contribution in [2.75, 3.05) is 6.61 Å². The number of halogens is 3. The number of hydrogen-bond acceptors (Lipinski definition) is 1. The molecule has 0 aromatic rings. The lowest BCUT2D eigenvalue weighted by Crippen LogP contribution is -1.97. The molecule has 0 bridgehead atoms. The third kappa shape index (κ3) is 10.4. The minimum Gasteiger partial charge on any atom is -0.491 e. The highest BCUT2D eigenvalue weighted by molar-refractivity contribution is 5.54. The van der Waals surface area contributed by atoms with Crippen LogP contribution in [0.2, 0.25) is 0 Å². The molecule has 0 aliphatic heterocycles. The Morgan fingerprint density at radius 1 is 0.848 bits per heavy atom. The second-order valence-electron chi connectivity index (χ2n) is 7.89. The van der Waals surface area contributed by atoms with Crippen molar-refractivity contribution in [2.45, 2.75) is 47.0 Å². The molecule has 4 heteroatoms. The van der Waals surface area contributed by atoms with Crippen molar-refractivity contribution >= 4 is 0 Å². The van der Waals surface area contributed by atoms with Gasteiger partial charge in [0, 0.05) is 11.1 Å². The molecule has 0 aromatic heterocycles. The van der Waals surface area contributed by atoms with Crippen molar-refractivity contribution in [3.63, 3.8) is 0 Å². The van der Waals surface area contributed by atoms with Crippen molar-refractivity contribution in [1.29, 1.82) is 0 Å². The van der Waals surface area contributed by atoms with Crippen LogP contribution >= 0.6 is 0 Å². The normalized spacial score (nSPS) is 13.9. The van der Waals surface area contributed by atoms with E-state index >= 15 is 0 Å². The summed E-state index contributed by atoms with van der Waals surface area (Å²) in [6, 6.07) is 0. The topological polar surface area (TPSA) is 9.23 Å². The number of rotatable bonds is 15. The Morgan fingerprint density at radius 2 is 1.39 bits per heavy atom. The third-order valence-electron chi connectivity index (χ3n) is 5.06. The Morgan fingerprint density at radius 3 is 1.91 bits per heavy atom. The van der Waals surface area contributed by atoms with Gasteiger partial charge in [-0.25, -0.2) is 8.78 Å². The van der Waals surface area contributed by atoms with Gasteiger partial charge in [-0.3, -0.25) is 0 Å². The summed E-state index contributed by atoms with van der Waals surface area (Å²) < 4.78 is 48.1. The zero-order chi connectivity index (χ0) is 25.7. The zero-order valence-corrected chi connectivity index (χ0v) is 20.5.